The van der Waals surface area contributed by atoms with E-state index in [1.54, 1.807) is 12.1 Å². The Morgan fingerprint density at radius 3 is 2.42 bits per heavy atom. The molecule has 2 aromatic rings. The lowest BCUT2D eigenvalue weighted by atomic mass is 10.1. The molecule has 0 heterocycles. The smallest absolute Gasteiger partial charge is 0.253 e. The molecule has 4 nitrogen and oxygen atoms in total. The number of hydrogen-bond acceptors (Lipinski definition) is 2. The Bertz CT molecular complexity index is 814. The molecule has 9 heteroatoms. The largest absolute Gasteiger partial charge is 0.339 e. The predicted octanol–water partition coefficient (Wildman–Crippen LogP) is 5.17. The normalized spacial score (nSPS) is 12.2. The summed E-state index contributed by atoms with van der Waals surface area (Å²) in [5, 5.41) is 8.65. The van der Waals surface area contributed by atoms with Crippen LogP contribution in [0.2, 0.25) is 0 Å². The molecule has 0 aliphatic heterocycles. The van der Waals surface area contributed by atoms with Crippen molar-refractivity contribution in [3.8, 4) is 0 Å². The zero-order valence-corrected chi connectivity index (χ0v) is 18.2. The van der Waals surface area contributed by atoms with Crippen LogP contribution in [0.3, 0.4) is 0 Å². The standard InChI is InChI=1S/C17H15BrCl3N3OS/c1-10-5-2-3-8-13(10)14(25)23-15(17(19,20)21)24-16(26)22-12-7-4-6-11(18)9-12/h2-9,15H,1H3,(H,23,25)(H2,22,24,26). The van der Waals surface area contributed by atoms with Crippen molar-refractivity contribution in [1.82, 2.24) is 10.6 Å². The third kappa shape index (κ3) is 6.28. The van der Waals surface area contributed by atoms with Crippen molar-refractivity contribution >= 4 is 79.7 Å². The number of alkyl halides is 3. The van der Waals surface area contributed by atoms with Crippen LogP contribution in [0.5, 0.6) is 0 Å². The molecular formula is C17H15BrCl3N3OS. The highest BCUT2D eigenvalue weighted by Crippen LogP contribution is 2.29. The van der Waals surface area contributed by atoms with Gasteiger partial charge in [0.2, 0.25) is 3.79 Å². The highest BCUT2D eigenvalue weighted by atomic mass is 79.9. The minimum Gasteiger partial charge on any atom is -0.339 e. The Kier molecular flexibility index (Phi) is 7.55. The van der Waals surface area contributed by atoms with E-state index in [2.05, 4.69) is 31.9 Å². The summed E-state index contributed by atoms with van der Waals surface area (Å²) in [6.07, 6.45) is -1.04. The molecule has 0 spiro atoms. The molecule has 1 atom stereocenters. The molecule has 1 unspecified atom stereocenters. The number of amides is 1. The van der Waals surface area contributed by atoms with Gasteiger partial charge in [-0.2, -0.15) is 0 Å². The van der Waals surface area contributed by atoms with Gasteiger partial charge in [0, 0.05) is 15.7 Å². The molecule has 0 radical (unpaired) electrons. The van der Waals surface area contributed by atoms with Crippen LogP contribution in [0.15, 0.2) is 53.0 Å². The van der Waals surface area contributed by atoms with Gasteiger partial charge in [0.05, 0.1) is 0 Å². The van der Waals surface area contributed by atoms with E-state index in [4.69, 9.17) is 47.0 Å². The van der Waals surface area contributed by atoms with Gasteiger partial charge in [-0.15, -0.1) is 0 Å². The topological polar surface area (TPSA) is 53.2 Å². The van der Waals surface area contributed by atoms with Crippen molar-refractivity contribution in [2.24, 2.45) is 0 Å². The molecule has 3 N–H and O–H groups in total. The first-order chi connectivity index (χ1) is 12.2. The minimum absolute atomic E-state index is 0.199. The van der Waals surface area contributed by atoms with Gasteiger partial charge in [-0.3, -0.25) is 4.79 Å². The van der Waals surface area contributed by atoms with Crippen LogP contribution >= 0.6 is 63.0 Å². The molecule has 138 valence electrons. The van der Waals surface area contributed by atoms with E-state index >= 15 is 0 Å². The Morgan fingerprint density at radius 1 is 1.12 bits per heavy atom. The maximum absolute atomic E-state index is 12.5. The Balaban J connectivity index is 2.09. The Morgan fingerprint density at radius 2 is 1.81 bits per heavy atom. The highest BCUT2D eigenvalue weighted by molar-refractivity contribution is 9.10. The lowest BCUT2D eigenvalue weighted by molar-refractivity contribution is 0.0934. The van der Waals surface area contributed by atoms with Crippen molar-refractivity contribution < 1.29 is 4.79 Å². The van der Waals surface area contributed by atoms with Crippen molar-refractivity contribution in [3.63, 3.8) is 0 Å². The summed E-state index contributed by atoms with van der Waals surface area (Å²) >= 11 is 26.6. The fraction of sp³-hybridized carbons (Fsp3) is 0.176. The number of hydrogen-bond donors (Lipinski definition) is 3. The van der Waals surface area contributed by atoms with Gasteiger partial charge < -0.3 is 16.0 Å². The van der Waals surface area contributed by atoms with Crippen LogP contribution < -0.4 is 16.0 Å². The van der Waals surface area contributed by atoms with Crippen LogP contribution in [0.25, 0.3) is 0 Å². The van der Waals surface area contributed by atoms with Gasteiger partial charge in [0.15, 0.2) is 5.11 Å². The quantitative estimate of drug-likeness (QED) is 0.311. The molecule has 26 heavy (non-hydrogen) atoms. The lowest BCUT2D eigenvalue weighted by Crippen LogP contribution is -2.56. The molecule has 0 saturated heterocycles. The van der Waals surface area contributed by atoms with E-state index < -0.39 is 9.96 Å². The number of carbonyl (C=O) groups excluding carboxylic acids is 1. The maximum Gasteiger partial charge on any atom is 0.253 e. The van der Waals surface area contributed by atoms with E-state index in [9.17, 15) is 4.79 Å². The van der Waals surface area contributed by atoms with Gasteiger partial charge in [-0.05, 0) is 49.0 Å². The Hall–Kier alpha value is -1.05. The molecule has 0 aromatic heterocycles. The fourth-order valence-corrected chi connectivity index (χ4v) is 3.06. The number of carbonyl (C=O) groups is 1. The third-order valence-corrected chi connectivity index (χ3v) is 4.72. The number of aryl methyl sites for hydroxylation is 1. The molecule has 0 aliphatic rings. The van der Waals surface area contributed by atoms with Gasteiger partial charge in [-0.25, -0.2) is 0 Å². The van der Waals surface area contributed by atoms with Crippen LogP contribution in [-0.2, 0) is 0 Å². The van der Waals surface area contributed by atoms with Crippen molar-refractivity contribution in [2.45, 2.75) is 16.9 Å². The number of anilines is 1. The molecule has 2 rings (SSSR count). The van der Waals surface area contributed by atoms with E-state index in [1.165, 1.54) is 0 Å². The van der Waals surface area contributed by atoms with Crippen molar-refractivity contribution in [3.05, 3.63) is 64.1 Å². The van der Waals surface area contributed by atoms with Gasteiger partial charge in [-0.1, -0.05) is 75.0 Å². The van der Waals surface area contributed by atoms with Crippen molar-refractivity contribution in [2.75, 3.05) is 5.32 Å². The SMILES string of the molecule is Cc1ccccc1C(=O)NC(NC(=S)Nc1cccc(Br)c1)C(Cl)(Cl)Cl. The van der Waals surface area contributed by atoms with Crippen LogP contribution in [0.4, 0.5) is 5.69 Å². The van der Waals surface area contributed by atoms with E-state index in [-0.39, 0.29) is 11.0 Å². The molecular weight excluding hydrogens is 481 g/mol. The second kappa shape index (κ2) is 9.24. The van der Waals surface area contributed by atoms with Crippen LogP contribution in [0, 0.1) is 6.92 Å². The third-order valence-electron chi connectivity index (χ3n) is 3.35. The second-order valence-corrected chi connectivity index (χ2v) is 9.06. The lowest BCUT2D eigenvalue weighted by Gasteiger charge is -2.28. The minimum atomic E-state index is -1.82. The van der Waals surface area contributed by atoms with E-state index in [1.807, 2.05) is 43.3 Å². The monoisotopic (exact) mass is 493 g/mol. The average Bonchev–Trinajstić information content (AvgIpc) is 2.53. The summed E-state index contributed by atoms with van der Waals surface area (Å²) in [5.41, 5.74) is 2.03. The molecule has 0 aliphatic carbocycles. The molecule has 0 saturated carbocycles. The summed E-state index contributed by atoms with van der Waals surface area (Å²) in [6.45, 7) is 1.83. The number of thiocarbonyl (C=S) groups is 1. The molecule has 0 fully saturated rings. The van der Waals surface area contributed by atoms with Gasteiger partial charge in [0.1, 0.15) is 6.17 Å². The molecule has 1 amide bonds. The van der Waals surface area contributed by atoms with Crippen molar-refractivity contribution in [1.29, 1.82) is 0 Å². The van der Waals surface area contributed by atoms with Crippen LogP contribution in [0.1, 0.15) is 15.9 Å². The fourth-order valence-electron chi connectivity index (χ4n) is 2.10. The second-order valence-electron chi connectivity index (χ2n) is 5.37. The predicted molar refractivity (Wildman–Crippen MR) is 116 cm³/mol. The summed E-state index contributed by atoms with van der Waals surface area (Å²) in [5.74, 6) is -0.378. The van der Waals surface area contributed by atoms with Gasteiger partial charge in [0.25, 0.3) is 5.91 Å². The summed E-state index contributed by atoms with van der Waals surface area (Å²) in [7, 11) is 0. The number of nitrogens with one attached hydrogen (secondary N) is 3. The van der Waals surface area contributed by atoms with E-state index in [0.29, 0.717) is 5.56 Å². The first-order valence-corrected chi connectivity index (χ1v) is 9.76. The first-order valence-electron chi connectivity index (χ1n) is 7.43. The van der Waals surface area contributed by atoms with E-state index in [0.717, 1.165) is 15.7 Å². The zero-order valence-electron chi connectivity index (χ0n) is 13.5. The molecule has 0 bridgehead atoms. The highest BCUT2D eigenvalue weighted by Gasteiger charge is 2.35. The average molecular weight is 496 g/mol. The van der Waals surface area contributed by atoms with Crippen LogP contribution in [-0.4, -0.2) is 21.0 Å². The van der Waals surface area contributed by atoms with Gasteiger partial charge >= 0.3 is 0 Å². The summed E-state index contributed by atoms with van der Waals surface area (Å²) in [4.78, 5) is 12.5. The maximum atomic E-state index is 12.5. The Labute approximate surface area is 180 Å². The summed E-state index contributed by atoms with van der Waals surface area (Å²) in [6, 6.07) is 14.5. The number of rotatable bonds is 4. The number of benzene rings is 2. The zero-order chi connectivity index (χ0) is 19.3. The number of halogens is 4. The molecule has 2 aromatic carbocycles. The first kappa shape index (κ1) is 21.3. The summed E-state index contributed by atoms with van der Waals surface area (Å²) < 4.78 is -0.933.